The number of rotatable bonds is 9. The molecule has 0 aromatic heterocycles. The fourth-order valence-electron chi connectivity index (χ4n) is 2.31. The number of ether oxygens (including phenoxy) is 3. The van der Waals surface area contributed by atoms with E-state index in [0.717, 1.165) is 0 Å². The summed E-state index contributed by atoms with van der Waals surface area (Å²) in [7, 11) is 3.03. The summed E-state index contributed by atoms with van der Waals surface area (Å²) in [4.78, 5) is 36.6. The molecule has 0 radical (unpaired) electrons. The Kier molecular flexibility index (Phi) is 7.86. The summed E-state index contributed by atoms with van der Waals surface area (Å²) in [5.74, 6) is 0.350. The molecule has 146 valence electrons. The lowest BCUT2D eigenvalue weighted by molar-refractivity contribution is -0.147. The van der Waals surface area contributed by atoms with E-state index in [4.69, 9.17) is 26.4 Å². The van der Waals surface area contributed by atoms with Crippen LogP contribution in [0.3, 0.4) is 0 Å². The molecule has 1 fully saturated rings. The van der Waals surface area contributed by atoms with Crippen molar-refractivity contribution in [2.75, 3.05) is 39.7 Å². The highest BCUT2D eigenvalue weighted by Gasteiger charge is 2.25. The summed E-state index contributed by atoms with van der Waals surface area (Å²) in [6, 6.07) is 5.08. The smallest absolute Gasteiger partial charge is 0.310 e. The number of nitrogens with one attached hydrogen (secondary N) is 1. The SMILES string of the molecule is COc1ccc(CC(=O)OCC(=O)NCCN2C(=O)CSC2=S)cc1OC. The average molecular weight is 412 g/mol. The van der Waals surface area contributed by atoms with Crippen molar-refractivity contribution in [1.29, 1.82) is 0 Å². The van der Waals surface area contributed by atoms with Gasteiger partial charge in [-0.25, -0.2) is 0 Å². The molecule has 0 spiro atoms. The van der Waals surface area contributed by atoms with Crippen molar-refractivity contribution >= 4 is 46.1 Å². The number of esters is 1. The van der Waals surface area contributed by atoms with Crippen LogP contribution in [0.2, 0.25) is 0 Å². The zero-order valence-corrected chi connectivity index (χ0v) is 16.6. The van der Waals surface area contributed by atoms with Crippen molar-refractivity contribution < 1.29 is 28.6 Å². The molecule has 1 aliphatic heterocycles. The van der Waals surface area contributed by atoms with E-state index in [0.29, 0.717) is 33.7 Å². The van der Waals surface area contributed by atoms with Gasteiger partial charge in [-0.3, -0.25) is 19.3 Å². The van der Waals surface area contributed by atoms with Gasteiger partial charge < -0.3 is 19.5 Å². The molecule has 1 heterocycles. The number of amides is 2. The molecule has 10 heteroatoms. The molecule has 0 saturated carbocycles. The van der Waals surface area contributed by atoms with E-state index >= 15 is 0 Å². The van der Waals surface area contributed by atoms with Gasteiger partial charge in [0.25, 0.3) is 5.91 Å². The van der Waals surface area contributed by atoms with E-state index in [-0.39, 0.29) is 25.5 Å². The van der Waals surface area contributed by atoms with E-state index in [2.05, 4.69) is 5.32 Å². The number of thioether (sulfide) groups is 1. The molecule has 2 rings (SSSR count). The van der Waals surface area contributed by atoms with Gasteiger partial charge in [0.05, 0.1) is 26.4 Å². The van der Waals surface area contributed by atoms with E-state index in [9.17, 15) is 14.4 Å². The minimum atomic E-state index is -0.537. The number of methoxy groups -OCH3 is 2. The van der Waals surface area contributed by atoms with Crippen LogP contribution in [0.25, 0.3) is 0 Å². The van der Waals surface area contributed by atoms with Gasteiger partial charge in [0.15, 0.2) is 18.1 Å². The number of hydrogen-bond donors (Lipinski definition) is 1. The molecule has 0 unspecified atom stereocenters. The average Bonchev–Trinajstić information content (AvgIpc) is 2.98. The summed E-state index contributed by atoms with van der Waals surface area (Å²) in [6.45, 7) is 0.147. The van der Waals surface area contributed by atoms with Crippen LogP contribution in [0.4, 0.5) is 0 Å². The van der Waals surface area contributed by atoms with Crippen LogP contribution in [0.5, 0.6) is 11.5 Å². The van der Waals surface area contributed by atoms with E-state index in [1.165, 1.54) is 30.9 Å². The predicted octanol–water partition coefficient (Wildman–Crippen LogP) is 0.766. The Morgan fingerprint density at radius 1 is 1.26 bits per heavy atom. The van der Waals surface area contributed by atoms with Crippen LogP contribution in [-0.4, -0.2) is 66.7 Å². The predicted molar refractivity (Wildman–Crippen MR) is 104 cm³/mol. The van der Waals surface area contributed by atoms with E-state index in [1.54, 1.807) is 18.2 Å². The fourth-order valence-corrected chi connectivity index (χ4v) is 3.43. The quantitative estimate of drug-likeness (QED) is 0.470. The first-order valence-electron chi connectivity index (χ1n) is 8.05. The first kappa shape index (κ1) is 21.0. The van der Waals surface area contributed by atoms with Crippen molar-refractivity contribution in [3.8, 4) is 11.5 Å². The molecule has 1 aromatic rings. The van der Waals surface area contributed by atoms with Gasteiger partial charge in [-0.2, -0.15) is 0 Å². The zero-order chi connectivity index (χ0) is 19.8. The first-order valence-corrected chi connectivity index (χ1v) is 9.44. The van der Waals surface area contributed by atoms with Crippen LogP contribution >= 0.6 is 24.0 Å². The van der Waals surface area contributed by atoms with E-state index < -0.39 is 11.9 Å². The zero-order valence-electron chi connectivity index (χ0n) is 15.0. The number of thiocarbonyl (C=S) groups is 1. The van der Waals surface area contributed by atoms with Gasteiger partial charge in [0.2, 0.25) is 5.91 Å². The van der Waals surface area contributed by atoms with Gasteiger partial charge >= 0.3 is 5.97 Å². The Labute approximate surface area is 166 Å². The highest BCUT2D eigenvalue weighted by Crippen LogP contribution is 2.27. The molecule has 0 aliphatic carbocycles. The molecule has 1 N–H and O–H groups in total. The molecule has 2 amide bonds. The van der Waals surface area contributed by atoms with Crippen molar-refractivity contribution in [3.05, 3.63) is 23.8 Å². The Balaban J connectivity index is 1.71. The van der Waals surface area contributed by atoms with Crippen LogP contribution in [-0.2, 0) is 25.5 Å². The normalized spacial score (nSPS) is 13.5. The molecule has 0 atom stereocenters. The van der Waals surface area contributed by atoms with Crippen LogP contribution in [0.15, 0.2) is 18.2 Å². The minimum absolute atomic E-state index is 0.00140. The maximum absolute atomic E-state index is 11.9. The standard InChI is InChI=1S/C17H20N2O6S2/c1-23-12-4-3-11(7-13(12)24-2)8-16(22)25-9-14(20)18-5-6-19-15(21)10-27-17(19)26/h3-4,7H,5-6,8-10H2,1-2H3,(H,18,20). The molecular weight excluding hydrogens is 392 g/mol. The Hall–Kier alpha value is -2.33. The van der Waals surface area contributed by atoms with Crippen LogP contribution in [0, 0.1) is 0 Å². The van der Waals surface area contributed by atoms with Gasteiger partial charge in [-0.05, 0) is 17.7 Å². The lowest BCUT2D eigenvalue weighted by Gasteiger charge is -2.15. The Morgan fingerprint density at radius 3 is 2.63 bits per heavy atom. The molecule has 1 aliphatic rings. The highest BCUT2D eigenvalue weighted by atomic mass is 32.2. The monoisotopic (exact) mass is 412 g/mol. The Bertz CT molecular complexity index is 724. The van der Waals surface area contributed by atoms with Gasteiger partial charge in [-0.1, -0.05) is 30.0 Å². The molecule has 8 nitrogen and oxygen atoms in total. The molecular formula is C17H20N2O6S2. The molecule has 27 heavy (non-hydrogen) atoms. The van der Waals surface area contributed by atoms with E-state index in [1.807, 2.05) is 0 Å². The third kappa shape index (κ3) is 6.10. The third-order valence-corrected chi connectivity index (χ3v) is 5.09. The maximum Gasteiger partial charge on any atom is 0.310 e. The summed E-state index contributed by atoms with van der Waals surface area (Å²) >= 11 is 6.35. The van der Waals surface area contributed by atoms with Crippen molar-refractivity contribution in [2.45, 2.75) is 6.42 Å². The topological polar surface area (TPSA) is 94.2 Å². The fraction of sp³-hybridized carbons (Fsp3) is 0.412. The summed E-state index contributed by atoms with van der Waals surface area (Å²) in [6.07, 6.45) is 0.00140. The molecule has 0 bridgehead atoms. The van der Waals surface area contributed by atoms with Gasteiger partial charge in [0.1, 0.15) is 4.32 Å². The number of hydrogen-bond acceptors (Lipinski definition) is 8. The van der Waals surface area contributed by atoms with Crippen LogP contribution in [0.1, 0.15) is 5.56 Å². The second-order valence-corrected chi connectivity index (χ2v) is 7.09. The lowest BCUT2D eigenvalue weighted by atomic mass is 10.1. The van der Waals surface area contributed by atoms with Gasteiger partial charge in [0, 0.05) is 13.1 Å². The summed E-state index contributed by atoms with van der Waals surface area (Å²) < 4.78 is 15.8. The largest absolute Gasteiger partial charge is 0.493 e. The van der Waals surface area contributed by atoms with Crippen molar-refractivity contribution in [3.63, 3.8) is 0 Å². The van der Waals surface area contributed by atoms with Crippen molar-refractivity contribution in [2.24, 2.45) is 0 Å². The minimum Gasteiger partial charge on any atom is -0.493 e. The third-order valence-electron chi connectivity index (χ3n) is 3.66. The molecule has 1 aromatic carbocycles. The van der Waals surface area contributed by atoms with Crippen molar-refractivity contribution in [1.82, 2.24) is 10.2 Å². The second kappa shape index (κ2) is 10.1. The van der Waals surface area contributed by atoms with Crippen LogP contribution < -0.4 is 14.8 Å². The second-order valence-electron chi connectivity index (χ2n) is 5.48. The number of carbonyl (C=O) groups excluding carboxylic acids is 3. The molecule has 1 saturated heterocycles. The number of benzene rings is 1. The lowest BCUT2D eigenvalue weighted by Crippen LogP contribution is -2.38. The maximum atomic E-state index is 11.9. The van der Waals surface area contributed by atoms with Gasteiger partial charge in [-0.15, -0.1) is 0 Å². The Morgan fingerprint density at radius 2 is 2.00 bits per heavy atom. The number of nitrogens with zero attached hydrogens (tertiary/aromatic N) is 1. The highest BCUT2D eigenvalue weighted by molar-refractivity contribution is 8.23. The summed E-state index contributed by atoms with van der Waals surface area (Å²) in [5.41, 5.74) is 0.677. The summed E-state index contributed by atoms with van der Waals surface area (Å²) in [5, 5.41) is 2.59. The number of carbonyl (C=O) groups is 3. The first-order chi connectivity index (χ1) is 12.9.